The van der Waals surface area contributed by atoms with Crippen LogP contribution in [0.15, 0.2) is 0 Å². The molecular weight excluding hydrogens is 384 g/mol. The molecule has 5 fully saturated rings. The van der Waals surface area contributed by atoms with Crippen molar-refractivity contribution in [2.24, 2.45) is 23.7 Å². The first-order valence-electron chi connectivity index (χ1n) is 8.63. The van der Waals surface area contributed by atoms with Gasteiger partial charge in [-0.15, -0.1) is 0 Å². The van der Waals surface area contributed by atoms with Crippen LogP contribution in [-0.2, 0) is 24.3 Å². The minimum atomic E-state index is -6.33. The van der Waals surface area contributed by atoms with Crippen molar-refractivity contribution in [3.8, 4) is 0 Å². The Morgan fingerprint density at radius 2 is 1.58 bits per heavy atom. The van der Waals surface area contributed by atoms with Crippen LogP contribution in [0, 0.1) is 23.7 Å². The molecule has 0 aromatic rings. The number of hydrogen-bond acceptors (Lipinski definition) is 5. The maximum Gasteiger partial charge on any atom is 0.459 e. The van der Waals surface area contributed by atoms with Gasteiger partial charge in [-0.25, -0.2) is 0 Å². The van der Waals surface area contributed by atoms with E-state index in [1.807, 2.05) is 0 Å². The minimum Gasteiger partial charge on any atom is -0.347 e. The first kappa shape index (κ1) is 18.9. The lowest BCUT2D eigenvalue weighted by atomic mass is 9.53. The van der Waals surface area contributed by atoms with Crippen LogP contribution in [0.4, 0.5) is 17.6 Å². The lowest BCUT2D eigenvalue weighted by Gasteiger charge is -2.58. The fraction of sp³-hybridized carbons (Fsp3) is 1.00. The summed E-state index contributed by atoms with van der Waals surface area (Å²) in [6, 6.07) is 0. The summed E-state index contributed by atoms with van der Waals surface area (Å²) in [5.74, 6) is 0.696. The Morgan fingerprint density at radius 3 is 2.08 bits per heavy atom. The van der Waals surface area contributed by atoms with Crippen molar-refractivity contribution >= 4 is 10.1 Å². The van der Waals surface area contributed by atoms with E-state index in [2.05, 4.69) is 4.74 Å². The zero-order valence-electron chi connectivity index (χ0n) is 13.7. The Kier molecular flexibility index (Phi) is 4.17. The normalized spacial score (nSPS) is 42.7. The van der Waals surface area contributed by atoms with Gasteiger partial charge in [0.2, 0.25) is 0 Å². The fourth-order valence-corrected chi connectivity index (χ4v) is 5.69. The molecule has 1 saturated heterocycles. The predicted molar refractivity (Wildman–Crippen MR) is 78.0 cm³/mol. The van der Waals surface area contributed by atoms with Gasteiger partial charge in [-0.3, -0.25) is 4.55 Å². The second-order valence-corrected chi connectivity index (χ2v) is 9.36. The summed E-state index contributed by atoms with van der Waals surface area (Å²) in [5.41, 5.74) is 0. The fourth-order valence-electron chi connectivity index (χ4n) is 5.33. The summed E-state index contributed by atoms with van der Waals surface area (Å²) >= 11 is 0. The van der Waals surface area contributed by atoms with E-state index in [4.69, 9.17) is 14.0 Å². The topological polar surface area (TPSA) is 82.1 Å². The molecular formula is C15H20F4O6S. The molecule has 11 heteroatoms. The molecule has 1 aliphatic heterocycles. The summed E-state index contributed by atoms with van der Waals surface area (Å²) in [4.78, 5) is 0. The van der Waals surface area contributed by atoms with Crippen molar-refractivity contribution in [2.75, 3.05) is 13.2 Å². The first-order valence-corrected chi connectivity index (χ1v) is 10.1. The quantitative estimate of drug-likeness (QED) is 0.561. The third-order valence-electron chi connectivity index (χ3n) is 6.24. The molecule has 0 aromatic heterocycles. The highest BCUT2D eigenvalue weighted by Gasteiger charge is 2.68. The van der Waals surface area contributed by atoms with Gasteiger partial charge in [0.15, 0.2) is 5.79 Å². The molecule has 5 rings (SSSR count). The third kappa shape index (κ3) is 2.69. The average molecular weight is 404 g/mol. The van der Waals surface area contributed by atoms with E-state index < -0.39 is 40.0 Å². The molecule has 0 amide bonds. The molecule has 0 radical (unpaired) electrons. The molecule has 26 heavy (non-hydrogen) atoms. The molecule has 0 aromatic carbocycles. The molecule has 1 atom stereocenters. The van der Waals surface area contributed by atoms with Crippen LogP contribution in [0.25, 0.3) is 0 Å². The molecule has 1 N–H and O–H groups in total. The molecule has 1 heterocycles. The van der Waals surface area contributed by atoms with Gasteiger partial charge in [0, 0.05) is 11.8 Å². The van der Waals surface area contributed by atoms with Crippen LogP contribution < -0.4 is 0 Å². The highest BCUT2D eigenvalue weighted by molar-refractivity contribution is 7.86. The molecule has 6 nitrogen and oxygen atoms in total. The van der Waals surface area contributed by atoms with E-state index in [1.54, 1.807) is 0 Å². The van der Waals surface area contributed by atoms with Gasteiger partial charge in [0.05, 0.1) is 13.2 Å². The maximum absolute atomic E-state index is 13.5. The minimum absolute atomic E-state index is 0.0874. The van der Waals surface area contributed by atoms with Crippen LogP contribution in [0.1, 0.15) is 32.1 Å². The van der Waals surface area contributed by atoms with Crippen molar-refractivity contribution in [1.29, 1.82) is 0 Å². The van der Waals surface area contributed by atoms with Gasteiger partial charge in [0.25, 0.3) is 0 Å². The SMILES string of the molecule is O=S(=O)(O)C(F)(F)C(F)(F)OCC1COC2(O1)C1CC3CC(C1)CC2C3. The summed E-state index contributed by atoms with van der Waals surface area (Å²) in [7, 11) is -6.33. The van der Waals surface area contributed by atoms with Crippen molar-refractivity contribution in [2.45, 2.75) is 55.4 Å². The molecule has 4 saturated carbocycles. The second kappa shape index (κ2) is 5.76. The van der Waals surface area contributed by atoms with Crippen LogP contribution in [0.5, 0.6) is 0 Å². The zero-order valence-corrected chi connectivity index (χ0v) is 14.6. The number of hydrogen-bond donors (Lipinski definition) is 1. The molecule has 4 bridgehead atoms. The van der Waals surface area contributed by atoms with Crippen molar-refractivity contribution < 1.29 is 44.7 Å². The lowest BCUT2D eigenvalue weighted by molar-refractivity contribution is -0.332. The third-order valence-corrected chi connectivity index (χ3v) is 7.12. The zero-order chi connectivity index (χ0) is 19.0. The van der Waals surface area contributed by atoms with Crippen molar-refractivity contribution in [3.63, 3.8) is 0 Å². The summed E-state index contributed by atoms with van der Waals surface area (Å²) < 4.78 is 98.2. The summed E-state index contributed by atoms with van der Waals surface area (Å²) in [5, 5.41) is -5.75. The number of rotatable bonds is 5. The van der Waals surface area contributed by atoms with Crippen LogP contribution >= 0.6 is 0 Å². The smallest absolute Gasteiger partial charge is 0.347 e. The number of ether oxygens (including phenoxy) is 3. The van der Waals surface area contributed by atoms with Gasteiger partial charge < -0.3 is 14.2 Å². The Morgan fingerprint density at radius 1 is 1.04 bits per heavy atom. The van der Waals surface area contributed by atoms with Crippen molar-refractivity contribution in [3.05, 3.63) is 0 Å². The van der Waals surface area contributed by atoms with E-state index >= 15 is 0 Å². The molecule has 1 unspecified atom stereocenters. The molecule has 5 aliphatic rings. The van der Waals surface area contributed by atoms with Gasteiger partial charge in [-0.1, -0.05) is 0 Å². The first-order chi connectivity index (χ1) is 11.9. The monoisotopic (exact) mass is 404 g/mol. The highest BCUT2D eigenvalue weighted by atomic mass is 32.2. The Bertz CT molecular complexity index is 654. The van der Waals surface area contributed by atoms with E-state index in [-0.39, 0.29) is 18.4 Å². The lowest BCUT2D eigenvalue weighted by Crippen LogP contribution is -2.58. The van der Waals surface area contributed by atoms with Crippen LogP contribution in [0.2, 0.25) is 0 Å². The highest BCUT2D eigenvalue weighted by Crippen LogP contribution is 2.61. The van der Waals surface area contributed by atoms with Gasteiger partial charge >= 0.3 is 21.5 Å². The molecule has 1 spiro atoms. The Balaban J connectivity index is 1.41. The Hall–Kier alpha value is -0.490. The average Bonchev–Trinajstić information content (AvgIpc) is 2.94. The summed E-state index contributed by atoms with van der Waals surface area (Å²) in [6.45, 7) is -1.05. The predicted octanol–water partition coefficient (Wildman–Crippen LogP) is 2.64. The Labute approximate surface area is 147 Å². The van der Waals surface area contributed by atoms with E-state index in [0.29, 0.717) is 11.8 Å². The van der Waals surface area contributed by atoms with Crippen LogP contribution in [0.3, 0.4) is 0 Å². The van der Waals surface area contributed by atoms with E-state index in [1.165, 1.54) is 6.42 Å². The van der Waals surface area contributed by atoms with Crippen molar-refractivity contribution in [1.82, 2.24) is 0 Å². The van der Waals surface area contributed by atoms with E-state index in [9.17, 15) is 26.0 Å². The summed E-state index contributed by atoms with van der Waals surface area (Å²) in [6.07, 6.45) is -1.42. The molecule has 150 valence electrons. The van der Waals surface area contributed by atoms with E-state index in [0.717, 1.165) is 25.7 Å². The largest absolute Gasteiger partial charge is 0.459 e. The molecule has 4 aliphatic carbocycles. The van der Waals surface area contributed by atoms with Crippen LogP contribution in [-0.4, -0.2) is 49.4 Å². The number of halogens is 4. The maximum atomic E-state index is 13.5. The standard InChI is InChI=1S/C15H20F4O6S/c16-14(17,15(18,19)26(20,21)22)24-7-12-6-23-13(25-12)10-2-8-1-9(4-10)5-11(13)3-8/h8-12H,1-7H2,(H,20,21,22). The van der Waals surface area contributed by atoms with Gasteiger partial charge in [-0.2, -0.15) is 26.0 Å². The number of alkyl halides is 4. The van der Waals surface area contributed by atoms with Gasteiger partial charge in [-0.05, 0) is 43.9 Å². The second-order valence-electron chi connectivity index (χ2n) is 7.90. The van der Waals surface area contributed by atoms with Gasteiger partial charge in [0.1, 0.15) is 6.10 Å².